The topological polar surface area (TPSA) is 29.5 Å². The minimum absolute atomic E-state index is 0.104. The number of aldehydes is 1. The molecule has 0 saturated carbocycles. The molecular formula is C33H51F2NO2S. The molecule has 39 heavy (non-hydrogen) atoms. The smallest absolute Gasteiger partial charge is 0.150 e. The van der Waals surface area contributed by atoms with Gasteiger partial charge in [-0.3, -0.25) is 14.1 Å². The number of nitrogens with zero attached hydrogens (tertiary/aromatic N) is 1. The number of carbonyl (C=O) groups is 1. The molecule has 1 saturated heterocycles. The van der Waals surface area contributed by atoms with Crippen molar-refractivity contribution in [2.24, 2.45) is 0 Å². The molecular weight excluding hydrogens is 512 g/mol. The molecule has 4 rings (SSSR count). The van der Waals surface area contributed by atoms with Crippen LogP contribution in [0.2, 0.25) is 0 Å². The highest BCUT2D eigenvalue weighted by Crippen LogP contribution is 2.36. The van der Waals surface area contributed by atoms with Crippen LogP contribution < -0.4 is 4.74 Å². The number of hydrogen-bond donors (Lipinski definition) is 1. The fourth-order valence-electron chi connectivity index (χ4n) is 4.43. The molecule has 3 nitrogen and oxygen atoms in total. The van der Waals surface area contributed by atoms with E-state index in [4.69, 9.17) is 4.74 Å². The van der Waals surface area contributed by atoms with E-state index in [0.29, 0.717) is 24.0 Å². The van der Waals surface area contributed by atoms with E-state index in [0.717, 1.165) is 67.6 Å². The van der Waals surface area contributed by atoms with Crippen LogP contribution >= 0.6 is 12.6 Å². The molecule has 6 heteroatoms. The Hall–Kier alpha value is -2.18. The first kappa shape index (κ1) is 36.8. The summed E-state index contributed by atoms with van der Waals surface area (Å²) in [5.41, 5.74) is 3.93. The second-order valence-corrected chi connectivity index (χ2v) is 8.77. The number of thiol groups is 1. The van der Waals surface area contributed by atoms with Gasteiger partial charge in [-0.15, -0.1) is 0 Å². The van der Waals surface area contributed by atoms with Gasteiger partial charge in [-0.05, 0) is 66.8 Å². The summed E-state index contributed by atoms with van der Waals surface area (Å²) in [6.07, 6.45) is 7.26. The number of likely N-dealkylation sites (tertiary alicyclic amines) is 1. The molecule has 1 fully saturated rings. The van der Waals surface area contributed by atoms with Gasteiger partial charge in [-0.2, -0.15) is 12.6 Å². The number of hydrogen-bond acceptors (Lipinski definition) is 4. The highest BCUT2D eigenvalue weighted by Gasteiger charge is 2.24. The molecule has 1 aliphatic carbocycles. The first-order valence-corrected chi connectivity index (χ1v) is 15.5. The zero-order valence-corrected chi connectivity index (χ0v) is 26.1. The zero-order valence-electron chi connectivity index (χ0n) is 25.2. The number of fused-ring (bicyclic) bond motifs is 1. The van der Waals surface area contributed by atoms with E-state index in [1.165, 1.54) is 6.42 Å². The van der Waals surface area contributed by atoms with Crippen LogP contribution in [0, 0.1) is 0 Å². The van der Waals surface area contributed by atoms with E-state index in [1.54, 1.807) is 12.3 Å². The standard InChI is InChI=1S/C25H27F2NO2.C3H8.2C2H6.CH4S/c26-12-2-13-28-14-11-22(16-28)30-21-8-6-19(7-9-21)25-23-10-5-18(17-29)15-20(23)3-1-4-24(25)27;1-3-2;3*1-2/h5-10,15,17,22H,1-4,11-14,16H2;3H2,1-2H3;2*1-2H3;2H,1H3. The van der Waals surface area contributed by atoms with Crippen molar-refractivity contribution in [3.05, 3.63) is 70.5 Å². The zero-order chi connectivity index (χ0) is 29.6. The molecule has 2 aromatic carbocycles. The molecule has 1 atom stereocenters. The predicted octanol–water partition coefficient (Wildman–Crippen LogP) is 9.39. The number of halogens is 2. The number of allylic oxidation sites excluding steroid dienone is 1. The van der Waals surface area contributed by atoms with Crippen LogP contribution in [0.25, 0.3) is 5.57 Å². The van der Waals surface area contributed by atoms with Gasteiger partial charge in [-0.1, -0.05) is 72.2 Å². The van der Waals surface area contributed by atoms with E-state index >= 15 is 0 Å². The average molecular weight is 564 g/mol. The number of carbonyl (C=O) groups excluding carboxylic acids is 1. The molecule has 2 aliphatic rings. The number of aryl methyl sites for hydroxylation is 1. The molecule has 0 bridgehead atoms. The first-order valence-electron chi connectivity index (χ1n) is 14.6. The van der Waals surface area contributed by atoms with Crippen molar-refractivity contribution in [3.63, 3.8) is 0 Å². The highest BCUT2D eigenvalue weighted by molar-refractivity contribution is 7.79. The van der Waals surface area contributed by atoms with Crippen LogP contribution in [0.15, 0.2) is 48.3 Å². The van der Waals surface area contributed by atoms with E-state index in [9.17, 15) is 13.6 Å². The van der Waals surface area contributed by atoms with Gasteiger partial charge in [0.15, 0.2) is 0 Å². The molecule has 0 N–H and O–H groups in total. The molecule has 1 heterocycles. The largest absolute Gasteiger partial charge is 0.489 e. The third kappa shape index (κ3) is 12.3. The number of rotatable bonds is 7. The Labute approximate surface area is 242 Å². The summed E-state index contributed by atoms with van der Waals surface area (Å²) in [4.78, 5) is 13.4. The van der Waals surface area contributed by atoms with Crippen LogP contribution in [0.5, 0.6) is 5.75 Å². The quantitative estimate of drug-likeness (QED) is 0.269. The maximum Gasteiger partial charge on any atom is 0.150 e. The van der Waals surface area contributed by atoms with Crippen LogP contribution in [0.3, 0.4) is 0 Å². The van der Waals surface area contributed by atoms with Gasteiger partial charge < -0.3 is 4.74 Å². The molecule has 2 aromatic rings. The van der Waals surface area contributed by atoms with Crippen LogP contribution in [-0.2, 0) is 6.42 Å². The number of ether oxygens (including phenoxy) is 1. The van der Waals surface area contributed by atoms with Gasteiger partial charge >= 0.3 is 0 Å². The van der Waals surface area contributed by atoms with Crippen LogP contribution in [-0.4, -0.2) is 49.9 Å². The van der Waals surface area contributed by atoms with Gasteiger partial charge in [0.1, 0.15) is 24.0 Å². The van der Waals surface area contributed by atoms with Crippen LogP contribution in [0.4, 0.5) is 8.78 Å². The molecule has 0 aromatic heterocycles. The average Bonchev–Trinajstić information content (AvgIpc) is 3.37. The Kier molecular flexibility index (Phi) is 21.4. The lowest BCUT2D eigenvalue weighted by Crippen LogP contribution is -2.26. The van der Waals surface area contributed by atoms with Crippen molar-refractivity contribution >= 4 is 24.5 Å². The normalized spacial score (nSPS) is 15.9. The summed E-state index contributed by atoms with van der Waals surface area (Å²) >= 11 is 3.53. The summed E-state index contributed by atoms with van der Waals surface area (Å²) in [5, 5.41) is 0. The summed E-state index contributed by atoms with van der Waals surface area (Å²) < 4.78 is 33.4. The summed E-state index contributed by atoms with van der Waals surface area (Å²) in [5.74, 6) is 0.655. The van der Waals surface area contributed by atoms with Gasteiger partial charge in [0.25, 0.3) is 0 Å². The molecule has 0 spiro atoms. The fourth-order valence-corrected chi connectivity index (χ4v) is 4.43. The summed E-state index contributed by atoms with van der Waals surface area (Å²) in [6.45, 7) is 14.5. The van der Waals surface area contributed by atoms with Gasteiger partial charge in [0.2, 0.25) is 0 Å². The molecule has 0 radical (unpaired) electrons. The van der Waals surface area contributed by atoms with Gasteiger partial charge in [-0.25, -0.2) is 4.39 Å². The van der Waals surface area contributed by atoms with Crippen molar-refractivity contribution < 1.29 is 18.3 Å². The van der Waals surface area contributed by atoms with E-state index in [2.05, 4.69) is 31.4 Å². The Morgan fingerprint density at radius 2 is 1.67 bits per heavy atom. The Balaban J connectivity index is 0.00000145. The Morgan fingerprint density at radius 1 is 1.03 bits per heavy atom. The first-order chi connectivity index (χ1) is 19.1. The third-order valence-electron chi connectivity index (χ3n) is 5.93. The Morgan fingerprint density at radius 3 is 2.26 bits per heavy atom. The minimum atomic E-state index is -0.282. The fraction of sp³-hybridized carbons (Fsp3) is 0.545. The summed E-state index contributed by atoms with van der Waals surface area (Å²) in [7, 11) is 0. The molecule has 1 aliphatic heterocycles. The van der Waals surface area contributed by atoms with E-state index in [1.807, 2.05) is 64.1 Å². The lowest BCUT2D eigenvalue weighted by atomic mass is 9.92. The van der Waals surface area contributed by atoms with Crippen molar-refractivity contribution in [1.82, 2.24) is 4.90 Å². The second kappa shape index (κ2) is 22.6. The third-order valence-corrected chi connectivity index (χ3v) is 5.93. The van der Waals surface area contributed by atoms with Crippen molar-refractivity contribution in [2.45, 2.75) is 86.2 Å². The van der Waals surface area contributed by atoms with Gasteiger partial charge in [0.05, 0.1) is 6.67 Å². The lowest BCUT2D eigenvalue weighted by molar-refractivity contribution is 0.112. The number of benzene rings is 2. The molecule has 220 valence electrons. The lowest BCUT2D eigenvalue weighted by Gasteiger charge is -2.17. The van der Waals surface area contributed by atoms with E-state index < -0.39 is 0 Å². The molecule has 0 amide bonds. The van der Waals surface area contributed by atoms with Crippen LogP contribution in [0.1, 0.15) is 101 Å². The Bertz CT molecular complexity index is 947. The SMILES string of the molecule is CC.CC.CCC.CS.O=Cc1ccc2c(c1)CCCC(F)=C2c1ccc(OC2CCN(CCCF)C2)cc1. The van der Waals surface area contributed by atoms with Crippen molar-refractivity contribution in [2.75, 3.05) is 32.6 Å². The highest BCUT2D eigenvalue weighted by atomic mass is 32.1. The second-order valence-electron chi connectivity index (χ2n) is 8.77. The monoisotopic (exact) mass is 563 g/mol. The van der Waals surface area contributed by atoms with Crippen molar-refractivity contribution in [1.29, 1.82) is 0 Å². The predicted molar refractivity (Wildman–Crippen MR) is 168 cm³/mol. The van der Waals surface area contributed by atoms with Crippen molar-refractivity contribution in [3.8, 4) is 5.75 Å². The van der Waals surface area contributed by atoms with E-state index in [-0.39, 0.29) is 18.6 Å². The maximum atomic E-state index is 15.0. The summed E-state index contributed by atoms with van der Waals surface area (Å²) in [6, 6.07) is 13.1. The maximum absolute atomic E-state index is 15.0. The molecule has 1 unspecified atom stereocenters. The minimum Gasteiger partial charge on any atom is -0.489 e. The van der Waals surface area contributed by atoms with Gasteiger partial charge in [0, 0.05) is 37.2 Å². The number of alkyl halides is 1.